The Morgan fingerprint density at radius 1 is 1.25 bits per heavy atom. The van der Waals surface area contributed by atoms with Gasteiger partial charge in [0.15, 0.2) is 5.78 Å². The van der Waals surface area contributed by atoms with E-state index in [0.717, 1.165) is 3.57 Å². The lowest BCUT2D eigenvalue weighted by molar-refractivity contribution is -0.120. The molecule has 16 heavy (non-hydrogen) atoms. The van der Waals surface area contributed by atoms with Crippen molar-refractivity contribution in [2.75, 3.05) is 13.2 Å². The van der Waals surface area contributed by atoms with Crippen molar-refractivity contribution in [2.24, 2.45) is 0 Å². The molecule has 0 aromatic heterocycles. The lowest BCUT2D eigenvalue weighted by atomic mass is 10.1. The van der Waals surface area contributed by atoms with Crippen LogP contribution in [0.2, 0.25) is 0 Å². The summed E-state index contributed by atoms with van der Waals surface area (Å²) in [5, 5.41) is 10.9. The summed E-state index contributed by atoms with van der Waals surface area (Å²) in [6.45, 7) is 0.0578. The van der Waals surface area contributed by atoms with Gasteiger partial charge in [-0.3, -0.25) is 9.59 Å². The predicted octanol–water partition coefficient (Wildman–Crippen LogP) is 0.972. The standard InChI is InChI=1S/C11H12INO3/c12-9-3-1-8(2-4-9)10(15)7-11(16)13-5-6-14/h1-4,14H,5-7H2,(H,13,16). The Kier molecular flexibility index (Phi) is 5.41. The zero-order chi connectivity index (χ0) is 12.0. The molecule has 0 heterocycles. The minimum absolute atomic E-state index is 0.122. The maximum Gasteiger partial charge on any atom is 0.227 e. The Balaban J connectivity index is 2.52. The van der Waals surface area contributed by atoms with E-state index in [4.69, 9.17) is 5.11 Å². The fraction of sp³-hybridized carbons (Fsp3) is 0.273. The van der Waals surface area contributed by atoms with E-state index in [1.54, 1.807) is 12.1 Å². The highest BCUT2D eigenvalue weighted by molar-refractivity contribution is 14.1. The first-order valence-corrected chi connectivity index (χ1v) is 5.87. The summed E-state index contributed by atoms with van der Waals surface area (Å²) in [5.41, 5.74) is 0.527. The van der Waals surface area contributed by atoms with Crippen molar-refractivity contribution in [2.45, 2.75) is 6.42 Å². The maximum absolute atomic E-state index is 11.6. The normalized spacial score (nSPS) is 9.88. The maximum atomic E-state index is 11.6. The van der Waals surface area contributed by atoms with E-state index in [1.807, 2.05) is 12.1 Å². The number of benzene rings is 1. The van der Waals surface area contributed by atoms with Crippen LogP contribution in [-0.4, -0.2) is 29.9 Å². The number of rotatable bonds is 5. The molecule has 0 spiro atoms. The molecular weight excluding hydrogens is 321 g/mol. The van der Waals surface area contributed by atoms with Gasteiger partial charge in [-0.15, -0.1) is 0 Å². The Bertz CT molecular complexity index is 375. The number of nitrogens with one attached hydrogen (secondary N) is 1. The molecule has 1 amide bonds. The smallest absolute Gasteiger partial charge is 0.227 e. The molecule has 1 rings (SSSR count). The van der Waals surface area contributed by atoms with Gasteiger partial charge in [0.05, 0.1) is 13.0 Å². The fourth-order valence-corrected chi connectivity index (χ4v) is 1.50. The molecule has 1 aromatic carbocycles. The number of ketones is 1. The first-order chi connectivity index (χ1) is 7.63. The zero-order valence-electron chi connectivity index (χ0n) is 8.57. The van der Waals surface area contributed by atoms with Crippen LogP contribution in [0.3, 0.4) is 0 Å². The summed E-state index contributed by atoms with van der Waals surface area (Å²) in [4.78, 5) is 22.8. The van der Waals surface area contributed by atoms with Gasteiger partial charge in [-0.25, -0.2) is 0 Å². The Hall–Kier alpha value is -0.950. The average molecular weight is 333 g/mol. The summed E-state index contributed by atoms with van der Waals surface area (Å²) >= 11 is 2.15. The SMILES string of the molecule is O=C(CC(=O)c1ccc(I)cc1)NCCO. The monoisotopic (exact) mass is 333 g/mol. The van der Waals surface area contributed by atoms with Crippen LogP contribution in [0.15, 0.2) is 24.3 Å². The van der Waals surface area contributed by atoms with Crippen molar-refractivity contribution >= 4 is 34.3 Å². The molecule has 2 N–H and O–H groups in total. The van der Waals surface area contributed by atoms with Crippen molar-refractivity contribution in [1.29, 1.82) is 0 Å². The summed E-state index contributed by atoms with van der Waals surface area (Å²) in [7, 11) is 0. The van der Waals surface area contributed by atoms with Crippen LogP contribution < -0.4 is 5.32 Å². The molecule has 0 unspecified atom stereocenters. The summed E-state index contributed by atoms with van der Waals surface area (Å²) in [6.07, 6.45) is -0.180. The lowest BCUT2D eigenvalue weighted by Crippen LogP contribution is -2.28. The highest BCUT2D eigenvalue weighted by atomic mass is 127. The molecule has 1 aromatic rings. The molecule has 5 heteroatoms. The number of amides is 1. The van der Waals surface area contributed by atoms with E-state index in [9.17, 15) is 9.59 Å². The van der Waals surface area contributed by atoms with Gasteiger partial charge in [-0.1, -0.05) is 12.1 Å². The molecule has 0 fully saturated rings. The van der Waals surface area contributed by atoms with Crippen molar-refractivity contribution in [3.8, 4) is 0 Å². The lowest BCUT2D eigenvalue weighted by Gasteiger charge is -2.02. The van der Waals surface area contributed by atoms with Crippen LogP contribution >= 0.6 is 22.6 Å². The molecule has 0 atom stereocenters. The first-order valence-electron chi connectivity index (χ1n) is 4.80. The van der Waals surface area contributed by atoms with Crippen molar-refractivity contribution in [3.05, 3.63) is 33.4 Å². The van der Waals surface area contributed by atoms with Gasteiger partial charge in [-0.05, 0) is 34.7 Å². The highest BCUT2D eigenvalue weighted by Crippen LogP contribution is 2.08. The van der Waals surface area contributed by atoms with Gasteiger partial charge < -0.3 is 10.4 Å². The topological polar surface area (TPSA) is 66.4 Å². The third-order valence-corrected chi connectivity index (χ3v) is 2.64. The quantitative estimate of drug-likeness (QED) is 0.479. The molecule has 0 aliphatic rings. The average Bonchev–Trinajstić information content (AvgIpc) is 2.27. The molecule has 0 bridgehead atoms. The van der Waals surface area contributed by atoms with E-state index in [2.05, 4.69) is 27.9 Å². The van der Waals surface area contributed by atoms with Crippen molar-refractivity contribution in [3.63, 3.8) is 0 Å². The van der Waals surface area contributed by atoms with Crippen LogP contribution in [0.5, 0.6) is 0 Å². The summed E-state index contributed by atoms with van der Waals surface area (Å²) < 4.78 is 1.04. The van der Waals surface area contributed by atoms with Gasteiger partial charge in [0.2, 0.25) is 5.91 Å². The van der Waals surface area contributed by atoms with Gasteiger partial charge >= 0.3 is 0 Å². The third-order valence-electron chi connectivity index (χ3n) is 1.92. The molecule has 86 valence electrons. The number of Topliss-reactive ketones (excluding diaryl/α,β-unsaturated/α-hetero) is 1. The van der Waals surface area contributed by atoms with E-state index in [-0.39, 0.29) is 31.3 Å². The Morgan fingerprint density at radius 3 is 2.44 bits per heavy atom. The van der Waals surface area contributed by atoms with Gasteiger partial charge in [0.1, 0.15) is 0 Å². The summed E-state index contributed by atoms with van der Waals surface area (Å²) in [6, 6.07) is 7.03. The van der Waals surface area contributed by atoms with Gasteiger partial charge in [0, 0.05) is 15.7 Å². The number of halogens is 1. The second kappa shape index (κ2) is 6.59. The number of carbonyl (C=O) groups excluding carboxylic acids is 2. The number of aliphatic hydroxyl groups is 1. The van der Waals surface area contributed by atoms with E-state index in [0.29, 0.717) is 5.56 Å². The van der Waals surface area contributed by atoms with Crippen LogP contribution in [-0.2, 0) is 4.79 Å². The zero-order valence-corrected chi connectivity index (χ0v) is 10.7. The molecule has 0 radical (unpaired) electrons. The molecule has 0 aliphatic heterocycles. The fourth-order valence-electron chi connectivity index (χ4n) is 1.14. The number of carbonyl (C=O) groups is 2. The second-order valence-corrected chi connectivity index (χ2v) is 4.43. The number of hydrogen-bond donors (Lipinski definition) is 2. The number of hydrogen-bond acceptors (Lipinski definition) is 3. The molecule has 4 nitrogen and oxygen atoms in total. The van der Waals surface area contributed by atoms with E-state index < -0.39 is 0 Å². The molecular formula is C11H12INO3. The second-order valence-electron chi connectivity index (χ2n) is 3.18. The van der Waals surface area contributed by atoms with E-state index >= 15 is 0 Å². The van der Waals surface area contributed by atoms with Gasteiger partial charge in [0.25, 0.3) is 0 Å². The van der Waals surface area contributed by atoms with Gasteiger partial charge in [-0.2, -0.15) is 0 Å². The Morgan fingerprint density at radius 2 is 1.88 bits per heavy atom. The predicted molar refractivity (Wildman–Crippen MR) is 68.2 cm³/mol. The third kappa shape index (κ3) is 4.28. The largest absolute Gasteiger partial charge is 0.395 e. The molecule has 0 saturated carbocycles. The molecule has 0 aliphatic carbocycles. The number of aliphatic hydroxyl groups excluding tert-OH is 1. The first kappa shape index (κ1) is 13.1. The van der Waals surface area contributed by atoms with Crippen molar-refractivity contribution in [1.82, 2.24) is 5.32 Å². The Labute approximate surface area is 107 Å². The summed E-state index contributed by atoms with van der Waals surface area (Å²) in [5.74, 6) is -0.579. The van der Waals surface area contributed by atoms with Crippen LogP contribution in [0.1, 0.15) is 16.8 Å². The minimum atomic E-state index is -0.363. The van der Waals surface area contributed by atoms with Crippen LogP contribution in [0.4, 0.5) is 0 Å². The molecule has 0 saturated heterocycles. The van der Waals surface area contributed by atoms with Crippen LogP contribution in [0.25, 0.3) is 0 Å². The minimum Gasteiger partial charge on any atom is -0.395 e. The van der Waals surface area contributed by atoms with Crippen LogP contribution in [0, 0.1) is 3.57 Å². The van der Waals surface area contributed by atoms with E-state index in [1.165, 1.54) is 0 Å². The highest BCUT2D eigenvalue weighted by Gasteiger charge is 2.10. The van der Waals surface area contributed by atoms with Crippen molar-refractivity contribution < 1.29 is 14.7 Å².